The van der Waals surface area contributed by atoms with Crippen molar-refractivity contribution in [2.75, 3.05) is 19.4 Å². The summed E-state index contributed by atoms with van der Waals surface area (Å²) < 4.78 is 11.5. The van der Waals surface area contributed by atoms with Crippen LogP contribution < -0.4 is 14.8 Å². The van der Waals surface area contributed by atoms with E-state index in [0.717, 1.165) is 16.4 Å². The lowest BCUT2D eigenvalue weighted by Crippen LogP contribution is -2.40. The van der Waals surface area contributed by atoms with Gasteiger partial charge >= 0.3 is 0 Å². The molecule has 22 heavy (non-hydrogen) atoms. The number of ether oxygens (including phenoxy) is 2. The molecule has 0 radical (unpaired) electrons. The van der Waals surface area contributed by atoms with Crippen LogP contribution in [0.3, 0.4) is 0 Å². The maximum absolute atomic E-state index is 12.3. The van der Waals surface area contributed by atoms with Crippen molar-refractivity contribution in [2.24, 2.45) is 0 Å². The van der Waals surface area contributed by atoms with E-state index in [0.29, 0.717) is 18.7 Å². The molecule has 5 heteroatoms. The standard InChI is InChI=1S/C17H17NO3S/c1-22-16-9-5-2-6-13(16)17(19)18-10-12-11-20-14-7-3-4-8-15(14)21-12/h2-9,12H,10-11H2,1H3,(H,18,19)/t12-/m0/s1. The van der Waals surface area contributed by atoms with E-state index in [1.807, 2.05) is 54.8 Å². The second-order valence-corrected chi connectivity index (χ2v) is 5.76. The van der Waals surface area contributed by atoms with E-state index in [2.05, 4.69) is 5.32 Å². The van der Waals surface area contributed by atoms with Gasteiger partial charge in [0.25, 0.3) is 5.91 Å². The van der Waals surface area contributed by atoms with Crippen LogP contribution in [0.25, 0.3) is 0 Å². The molecule has 1 heterocycles. The Morgan fingerprint density at radius 3 is 2.73 bits per heavy atom. The molecule has 0 fully saturated rings. The lowest BCUT2D eigenvalue weighted by Gasteiger charge is -2.26. The highest BCUT2D eigenvalue weighted by Crippen LogP contribution is 2.30. The zero-order valence-electron chi connectivity index (χ0n) is 12.2. The molecular formula is C17H17NO3S. The van der Waals surface area contributed by atoms with Crippen LogP contribution in [0.15, 0.2) is 53.4 Å². The summed E-state index contributed by atoms with van der Waals surface area (Å²) in [5.74, 6) is 1.38. The average Bonchev–Trinajstić information content (AvgIpc) is 2.59. The molecule has 1 aliphatic rings. The molecular weight excluding hydrogens is 298 g/mol. The summed E-state index contributed by atoms with van der Waals surface area (Å²) in [5.41, 5.74) is 0.687. The number of rotatable bonds is 4. The highest BCUT2D eigenvalue weighted by Gasteiger charge is 2.21. The van der Waals surface area contributed by atoms with Crippen LogP contribution in [0, 0.1) is 0 Å². The van der Waals surface area contributed by atoms with E-state index in [1.54, 1.807) is 11.8 Å². The largest absolute Gasteiger partial charge is 0.486 e. The summed E-state index contributed by atoms with van der Waals surface area (Å²) in [6.07, 6.45) is 1.78. The van der Waals surface area contributed by atoms with Crippen molar-refractivity contribution in [3.63, 3.8) is 0 Å². The molecule has 0 unspecified atom stereocenters. The minimum Gasteiger partial charge on any atom is -0.486 e. The van der Waals surface area contributed by atoms with Gasteiger partial charge < -0.3 is 14.8 Å². The van der Waals surface area contributed by atoms with Crippen LogP contribution in [0.5, 0.6) is 11.5 Å². The molecule has 0 saturated heterocycles. The Hall–Kier alpha value is -2.14. The smallest absolute Gasteiger partial charge is 0.252 e. The molecule has 4 nitrogen and oxygen atoms in total. The molecule has 3 rings (SSSR count). The summed E-state index contributed by atoms with van der Waals surface area (Å²) in [4.78, 5) is 13.3. The number of nitrogens with one attached hydrogen (secondary N) is 1. The molecule has 0 spiro atoms. The first kappa shape index (κ1) is 14.8. The van der Waals surface area contributed by atoms with Crippen molar-refractivity contribution in [1.82, 2.24) is 5.32 Å². The van der Waals surface area contributed by atoms with Gasteiger partial charge in [0.2, 0.25) is 0 Å². The zero-order chi connectivity index (χ0) is 15.4. The number of fused-ring (bicyclic) bond motifs is 1. The van der Waals surface area contributed by atoms with Gasteiger partial charge in [0.1, 0.15) is 12.7 Å². The van der Waals surface area contributed by atoms with E-state index in [1.165, 1.54) is 0 Å². The fraction of sp³-hybridized carbons (Fsp3) is 0.235. The van der Waals surface area contributed by atoms with Crippen molar-refractivity contribution < 1.29 is 14.3 Å². The number of hydrogen-bond donors (Lipinski definition) is 1. The second-order valence-electron chi connectivity index (χ2n) is 4.91. The van der Waals surface area contributed by atoms with Crippen LogP contribution in [0.4, 0.5) is 0 Å². The van der Waals surface area contributed by atoms with Crippen LogP contribution in [0.2, 0.25) is 0 Å². The van der Waals surface area contributed by atoms with Gasteiger partial charge in [-0.05, 0) is 30.5 Å². The molecule has 2 aromatic carbocycles. The van der Waals surface area contributed by atoms with E-state index in [4.69, 9.17) is 9.47 Å². The predicted molar refractivity (Wildman–Crippen MR) is 86.9 cm³/mol. The number of carbonyl (C=O) groups is 1. The number of hydrogen-bond acceptors (Lipinski definition) is 4. The third kappa shape index (κ3) is 3.20. The average molecular weight is 315 g/mol. The van der Waals surface area contributed by atoms with Gasteiger partial charge in [0.15, 0.2) is 11.5 Å². The van der Waals surface area contributed by atoms with Gasteiger partial charge in [-0.3, -0.25) is 4.79 Å². The number of carbonyl (C=O) groups excluding carboxylic acids is 1. The fourth-order valence-electron chi connectivity index (χ4n) is 2.30. The van der Waals surface area contributed by atoms with Crippen LogP contribution in [-0.2, 0) is 0 Å². The molecule has 114 valence electrons. The summed E-state index contributed by atoms with van der Waals surface area (Å²) in [6.45, 7) is 0.845. The van der Waals surface area contributed by atoms with E-state index in [-0.39, 0.29) is 12.0 Å². The lowest BCUT2D eigenvalue weighted by atomic mass is 10.2. The van der Waals surface area contributed by atoms with Crippen molar-refractivity contribution in [1.29, 1.82) is 0 Å². The molecule has 0 bridgehead atoms. The van der Waals surface area contributed by atoms with Gasteiger partial charge in [0.05, 0.1) is 12.1 Å². The maximum Gasteiger partial charge on any atom is 0.252 e. The molecule has 1 amide bonds. The van der Waals surface area contributed by atoms with Gasteiger partial charge in [-0.2, -0.15) is 0 Å². The first-order valence-electron chi connectivity index (χ1n) is 7.07. The molecule has 1 aliphatic heterocycles. The first-order valence-corrected chi connectivity index (χ1v) is 8.30. The monoisotopic (exact) mass is 315 g/mol. The van der Waals surface area contributed by atoms with Crippen molar-refractivity contribution in [2.45, 2.75) is 11.0 Å². The highest BCUT2D eigenvalue weighted by molar-refractivity contribution is 7.98. The van der Waals surface area contributed by atoms with Crippen LogP contribution in [0.1, 0.15) is 10.4 Å². The lowest BCUT2D eigenvalue weighted by molar-refractivity contribution is 0.0787. The Balaban J connectivity index is 1.60. The minimum atomic E-state index is -0.180. The highest BCUT2D eigenvalue weighted by atomic mass is 32.2. The zero-order valence-corrected chi connectivity index (χ0v) is 13.1. The van der Waals surface area contributed by atoms with E-state index < -0.39 is 0 Å². The Kier molecular flexibility index (Phi) is 4.53. The normalized spacial score (nSPS) is 16.1. The third-order valence-electron chi connectivity index (χ3n) is 3.41. The number of thioether (sulfide) groups is 1. The van der Waals surface area contributed by atoms with Crippen molar-refractivity contribution in [3.8, 4) is 11.5 Å². The van der Waals surface area contributed by atoms with Crippen molar-refractivity contribution >= 4 is 17.7 Å². The fourth-order valence-corrected chi connectivity index (χ4v) is 2.89. The first-order chi connectivity index (χ1) is 10.8. The third-order valence-corrected chi connectivity index (χ3v) is 4.21. The molecule has 0 aliphatic carbocycles. The summed E-state index contributed by atoms with van der Waals surface area (Å²) in [5, 5.41) is 2.92. The predicted octanol–water partition coefficient (Wildman–Crippen LogP) is 2.98. The Labute approximate surface area is 133 Å². The summed E-state index contributed by atoms with van der Waals surface area (Å²) in [6, 6.07) is 15.1. The Bertz CT molecular complexity index is 674. The van der Waals surface area contributed by atoms with Gasteiger partial charge in [-0.15, -0.1) is 11.8 Å². The maximum atomic E-state index is 12.3. The summed E-state index contributed by atoms with van der Waals surface area (Å²) >= 11 is 1.56. The SMILES string of the molecule is CSc1ccccc1C(=O)NC[C@H]1COc2ccccc2O1. The van der Waals surface area contributed by atoms with Crippen LogP contribution in [-0.4, -0.2) is 31.4 Å². The molecule has 0 saturated carbocycles. The summed E-state index contributed by atoms with van der Waals surface area (Å²) in [7, 11) is 0. The molecule has 1 atom stereocenters. The topological polar surface area (TPSA) is 47.6 Å². The van der Waals surface area contributed by atoms with Crippen molar-refractivity contribution in [3.05, 3.63) is 54.1 Å². The quantitative estimate of drug-likeness (QED) is 0.881. The molecule has 2 aromatic rings. The van der Waals surface area contributed by atoms with Crippen LogP contribution >= 0.6 is 11.8 Å². The Morgan fingerprint density at radius 2 is 1.91 bits per heavy atom. The molecule has 1 N–H and O–H groups in total. The van der Waals surface area contributed by atoms with Gasteiger partial charge in [-0.25, -0.2) is 0 Å². The van der Waals surface area contributed by atoms with E-state index >= 15 is 0 Å². The number of benzene rings is 2. The molecule has 0 aromatic heterocycles. The Morgan fingerprint density at radius 1 is 1.18 bits per heavy atom. The number of para-hydroxylation sites is 2. The van der Waals surface area contributed by atoms with E-state index in [9.17, 15) is 4.79 Å². The van der Waals surface area contributed by atoms with Gasteiger partial charge in [0, 0.05) is 4.90 Å². The number of amides is 1. The second kappa shape index (κ2) is 6.75. The van der Waals surface area contributed by atoms with Gasteiger partial charge in [-0.1, -0.05) is 24.3 Å². The minimum absolute atomic E-state index is 0.0904.